The first-order valence-corrected chi connectivity index (χ1v) is 4.99. The molecule has 0 aliphatic carbocycles. The first kappa shape index (κ1) is 11.9. The third-order valence-electron chi connectivity index (χ3n) is 1.88. The van der Waals surface area contributed by atoms with Crippen LogP contribution >= 0.6 is 23.2 Å². The van der Waals surface area contributed by atoms with Crippen LogP contribution in [-0.4, -0.2) is 17.1 Å². The lowest BCUT2D eigenvalue weighted by Gasteiger charge is -2.15. The number of para-hydroxylation sites is 1. The molecule has 1 unspecified atom stereocenters. The molecule has 0 aromatic heterocycles. The minimum atomic E-state index is -0.354. The quantitative estimate of drug-likeness (QED) is 0.333. The summed E-state index contributed by atoms with van der Waals surface area (Å²) in [5.74, 6) is 0.0611. The highest BCUT2D eigenvalue weighted by molar-refractivity contribution is 6.39. The van der Waals surface area contributed by atoms with Gasteiger partial charge in [0, 0.05) is 0 Å². The monoisotopic (exact) mass is 247 g/mol. The molecule has 0 amide bonds. The van der Waals surface area contributed by atoms with Crippen LogP contribution in [0.25, 0.3) is 0 Å². The second-order valence-electron chi connectivity index (χ2n) is 2.99. The Kier molecular flexibility index (Phi) is 4.05. The smallest absolute Gasteiger partial charge is 0.161 e. The van der Waals surface area contributed by atoms with Crippen molar-refractivity contribution in [3.8, 4) is 0 Å². The Bertz CT molecular complexity index is 361. The summed E-state index contributed by atoms with van der Waals surface area (Å²) in [6.45, 7) is 1.73. The van der Waals surface area contributed by atoms with E-state index in [1.165, 1.54) is 0 Å². The summed E-state index contributed by atoms with van der Waals surface area (Å²) >= 11 is 11.9. The van der Waals surface area contributed by atoms with Crippen molar-refractivity contribution >= 4 is 34.7 Å². The Morgan fingerprint density at radius 1 is 1.47 bits per heavy atom. The minimum Gasteiger partial charge on any atom is -0.409 e. The number of halogens is 2. The molecule has 0 aliphatic rings. The van der Waals surface area contributed by atoms with Gasteiger partial charge in [-0.2, -0.15) is 0 Å². The summed E-state index contributed by atoms with van der Waals surface area (Å²) < 4.78 is 0. The molecule has 0 fully saturated rings. The van der Waals surface area contributed by atoms with Crippen molar-refractivity contribution in [2.24, 2.45) is 10.9 Å². The van der Waals surface area contributed by atoms with Gasteiger partial charge in [0.15, 0.2) is 5.84 Å². The predicted molar refractivity (Wildman–Crippen MR) is 63.0 cm³/mol. The number of oxime groups is 1. The maximum absolute atomic E-state index is 8.48. The number of benzene rings is 1. The van der Waals surface area contributed by atoms with Crippen molar-refractivity contribution in [1.29, 1.82) is 0 Å². The summed E-state index contributed by atoms with van der Waals surface area (Å²) in [7, 11) is 0. The van der Waals surface area contributed by atoms with Crippen LogP contribution < -0.4 is 11.1 Å². The zero-order valence-corrected chi connectivity index (χ0v) is 9.55. The fraction of sp³-hybridized carbons (Fsp3) is 0.222. The standard InChI is InChI=1S/C9H11Cl2N3O/c1-5(9(12)14-15)13-8-6(10)3-2-4-7(8)11/h2-5,13,15H,1H3,(H2,12,14). The van der Waals surface area contributed by atoms with E-state index >= 15 is 0 Å². The van der Waals surface area contributed by atoms with E-state index in [-0.39, 0.29) is 11.9 Å². The van der Waals surface area contributed by atoms with Crippen molar-refractivity contribution in [3.05, 3.63) is 28.2 Å². The zero-order valence-electron chi connectivity index (χ0n) is 8.04. The van der Waals surface area contributed by atoms with Crippen molar-refractivity contribution < 1.29 is 5.21 Å². The number of amidine groups is 1. The second kappa shape index (κ2) is 5.09. The van der Waals surface area contributed by atoms with Crippen molar-refractivity contribution in [2.45, 2.75) is 13.0 Å². The summed E-state index contributed by atoms with van der Waals surface area (Å²) in [6.07, 6.45) is 0. The average molecular weight is 248 g/mol. The number of nitrogens with one attached hydrogen (secondary N) is 1. The van der Waals surface area contributed by atoms with Gasteiger partial charge >= 0.3 is 0 Å². The third-order valence-corrected chi connectivity index (χ3v) is 2.51. The Balaban J connectivity index is 2.90. The molecule has 15 heavy (non-hydrogen) atoms. The number of nitrogens with two attached hydrogens (primary N) is 1. The number of rotatable bonds is 3. The summed E-state index contributed by atoms with van der Waals surface area (Å²) in [5.41, 5.74) is 5.99. The van der Waals surface area contributed by atoms with Gasteiger partial charge in [-0.15, -0.1) is 0 Å². The highest BCUT2D eigenvalue weighted by Crippen LogP contribution is 2.30. The molecule has 6 heteroatoms. The molecule has 0 spiro atoms. The maximum atomic E-state index is 8.48. The second-order valence-corrected chi connectivity index (χ2v) is 3.80. The molecule has 1 atom stereocenters. The molecule has 0 aliphatic heterocycles. The molecule has 0 saturated carbocycles. The van der Waals surface area contributed by atoms with Crippen LogP contribution in [-0.2, 0) is 0 Å². The average Bonchev–Trinajstić information content (AvgIpc) is 2.22. The van der Waals surface area contributed by atoms with Crippen LogP contribution in [0.15, 0.2) is 23.4 Å². The Labute approximate surface area is 97.7 Å². The van der Waals surface area contributed by atoms with Crippen LogP contribution in [0.4, 0.5) is 5.69 Å². The molecule has 0 bridgehead atoms. The number of hydrogen-bond donors (Lipinski definition) is 3. The first-order chi connectivity index (χ1) is 7.06. The van der Waals surface area contributed by atoms with Gasteiger partial charge in [-0.05, 0) is 19.1 Å². The van der Waals surface area contributed by atoms with E-state index in [4.69, 9.17) is 34.1 Å². The van der Waals surface area contributed by atoms with E-state index in [1.807, 2.05) is 0 Å². The molecule has 1 aromatic carbocycles. The van der Waals surface area contributed by atoms with Gasteiger partial charge in [-0.25, -0.2) is 0 Å². The van der Waals surface area contributed by atoms with Crippen molar-refractivity contribution in [1.82, 2.24) is 0 Å². The van der Waals surface area contributed by atoms with Gasteiger partial charge in [-0.3, -0.25) is 0 Å². The fourth-order valence-corrected chi connectivity index (χ4v) is 1.52. The van der Waals surface area contributed by atoms with E-state index in [0.717, 1.165) is 0 Å². The minimum absolute atomic E-state index is 0.0611. The van der Waals surface area contributed by atoms with Crippen LogP contribution in [0.2, 0.25) is 10.0 Å². The third kappa shape index (κ3) is 2.91. The van der Waals surface area contributed by atoms with Gasteiger partial charge in [-0.1, -0.05) is 34.4 Å². The highest BCUT2D eigenvalue weighted by atomic mass is 35.5. The van der Waals surface area contributed by atoms with Gasteiger partial charge < -0.3 is 16.3 Å². The van der Waals surface area contributed by atoms with Gasteiger partial charge in [0.25, 0.3) is 0 Å². The van der Waals surface area contributed by atoms with Gasteiger partial charge in [0.1, 0.15) is 0 Å². The molecule has 0 saturated heterocycles. The maximum Gasteiger partial charge on any atom is 0.161 e. The fourth-order valence-electron chi connectivity index (χ4n) is 1.01. The Hall–Kier alpha value is -1.13. The van der Waals surface area contributed by atoms with Crippen molar-refractivity contribution in [3.63, 3.8) is 0 Å². The molecule has 1 rings (SSSR count). The molecule has 0 radical (unpaired) electrons. The summed E-state index contributed by atoms with van der Waals surface area (Å²) in [6, 6.07) is 4.79. The van der Waals surface area contributed by atoms with Crippen LogP contribution in [0, 0.1) is 0 Å². The molecular weight excluding hydrogens is 237 g/mol. The molecule has 0 heterocycles. The normalized spacial score (nSPS) is 13.7. The SMILES string of the molecule is CC(Nc1c(Cl)cccc1Cl)C(N)=NO. The lowest BCUT2D eigenvalue weighted by Crippen LogP contribution is -2.33. The van der Waals surface area contributed by atoms with Crippen LogP contribution in [0.5, 0.6) is 0 Å². The largest absolute Gasteiger partial charge is 0.409 e. The Morgan fingerprint density at radius 2 is 2.00 bits per heavy atom. The lowest BCUT2D eigenvalue weighted by atomic mass is 10.2. The highest BCUT2D eigenvalue weighted by Gasteiger charge is 2.11. The predicted octanol–water partition coefficient (Wildman–Crippen LogP) is 2.54. The molecule has 4 N–H and O–H groups in total. The van der Waals surface area contributed by atoms with E-state index in [0.29, 0.717) is 15.7 Å². The molecule has 1 aromatic rings. The molecule has 82 valence electrons. The first-order valence-electron chi connectivity index (χ1n) is 4.24. The lowest BCUT2D eigenvalue weighted by molar-refractivity contribution is 0.316. The number of hydrogen-bond acceptors (Lipinski definition) is 3. The Morgan fingerprint density at radius 3 is 2.47 bits per heavy atom. The van der Waals surface area contributed by atoms with E-state index in [1.54, 1.807) is 25.1 Å². The molecule has 4 nitrogen and oxygen atoms in total. The van der Waals surface area contributed by atoms with E-state index in [2.05, 4.69) is 10.5 Å². The van der Waals surface area contributed by atoms with Gasteiger partial charge in [0.05, 0.1) is 21.8 Å². The van der Waals surface area contributed by atoms with Crippen LogP contribution in [0.1, 0.15) is 6.92 Å². The van der Waals surface area contributed by atoms with Crippen LogP contribution in [0.3, 0.4) is 0 Å². The number of nitrogens with zero attached hydrogens (tertiary/aromatic N) is 1. The summed E-state index contributed by atoms with van der Waals surface area (Å²) in [4.78, 5) is 0. The molecular formula is C9H11Cl2N3O. The van der Waals surface area contributed by atoms with Crippen molar-refractivity contribution in [2.75, 3.05) is 5.32 Å². The van der Waals surface area contributed by atoms with Gasteiger partial charge in [0.2, 0.25) is 0 Å². The zero-order chi connectivity index (χ0) is 11.4. The van der Waals surface area contributed by atoms with E-state index in [9.17, 15) is 0 Å². The topological polar surface area (TPSA) is 70.6 Å². The number of anilines is 1. The van der Waals surface area contributed by atoms with E-state index < -0.39 is 0 Å². The summed E-state index contributed by atoms with van der Waals surface area (Å²) in [5, 5.41) is 15.3.